The van der Waals surface area contributed by atoms with E-state index in [1.54, 1.807) is 23.9 Å². The number of thiophene rings is 1. The number of nitrogens with zero attached hydrogens (tertiary/aromatic N) is 2. The molecule has 0 bridgehead atoms. The molecule has 0 radical (unpaired) electrons. The molecule has 15 heavy (non-hydrogen) atoms. The van der Waals surface area contributed by atoms with Gasteiger partial charge in [0.25, 0.3) is 0 Å². The van der Waals surface area contributed by atoms with Crippen molar-refractivity contribution in [1.82, 2.24) is 9.97 Å². The fraction of sp³-hybridized carbons (Fsp3) is 0.273. The zero-order chi connectivity index (χ0) is 10.5. The van der Waals surface area contributed by atoms with Gasteiger partial charge in [-0.1, -0.05) is 6.07 Å². The molecule has 0 aliphatic heterocycles. The molecule has 2 aromatic rings. The average molecular weight is 219 g/mol. The SMILES string of the molecule is CC(Cc1cccs1)Nc1ccncn1. The molecule has 0 aliphatic rings. The third-order valence-corrected chi connectivity index (χ3v) is 2.96. The van der Waals surface area contributed by atoms with Gasteiger partial charge in [-0.15, -0.1) is 11.3 Å². The molecular formula is C11H13N3S. The van der Waals surface area contributed by atoms with Gasteiger partial charge in [0, 0.05) is 23.5 Å². The molecule has 2 heterocycles. The number of anilines is 1. The van der Waals surface area contributed by atoms with Crippen LogP contribution in [0.1, 0.15) is 11.8 Å². The second-order valence-corrected chi connectivity index (χ2v) is 4.46. The Labute approximate surface area is 93.2 Å². The smallest absolute Gasteiger partial charge is 0.129 e. The molecule has 0 saturated carbocycles. The highest BCUT2D eigenvalue weighted by Gasteiger charge is 2.04. The lowest BCUT2D eigenvalue weighted by molar-refractivity contribution is 0.793. The van der Waals surface area contributed by atoms with Crippen LogP contribution in [0.25, 0.3) is 0 Å². The summed E-state index contributed by atoms with van der Waals surface area (Å²) in [7, 11) is 0. The topological polar surface area (TPSA) is 37.8 Å². The molecule has 3 nitrogen and oxygen atoms in total. The van der Waals surface area contributed by atoms with Crippen LogP contribution in [-0.2, 0) is 6.42 Å². The summed E-state index contributed by atoms with van der Waals surface area (Å²) in [5, 5.41) is 5.44. The molecule has 1 atom stereocenters. The van der Waals surface area contributed by atoms with E-state index in [4.69, 9.17) is 0 Å². The molecule has 0 saturated heterocycles. The van der Waals surface area contributed by atoms with Crippen LogP contribution in [0, 0.1) is 0 Å². The summed E-state index contributed by atoms with van der Waals surface area (Å²) >= 11 is 1.79. The van der Waals surface area contributed by atoms with Crippen molar-refractivity contribution < 1.29 is 0 Å². The third-order valence-electron chi connectivity index (χ3n) is 2.06. The monoisotopic (exact) mass is 219 g/mol. The van der Waals surface area contributed by atoms with E-state index in [-0.39, 0.29) is 0 Å². The van der Waals surface area contributed by atoms with Crippen LogP contribution in [0.5, 0.6) is 0 Å². The van der Waals surface area contributed by atoms with Crippen molar-refractivity contribution in [3.05, 3.63) is 41.0 Å². The molecule has 2 aromatic heterocycles. The summed E-state index contributed by atoms with van der Waals surface area (Å²) in [6, 6.07) is 6.50. The molecule has 0 aliphatic carbocycles. The molecule has 78 valence electrons. The molecule has 1 unspecified atom stereocenters. The number of aromatic nitrogens is 2. The minimum absolute atomic E-state index is 0.388. The minimum atomic E-state index is 0.388. The third kappa shape index (κ3) is 3.02. The average Bonchev–Trinajstić information content (AvgIpc) is 2.71. The quantitative estimate of drug-likeness (QED) is 0.858. The van der Waals surface area contributed by atoms with E-state index in [9.17, 15) is 0 Å². The maximum absolute atomic E-state index is 4.13. The number of nitrogens with one attached hydrogen (secondary N) is 1. The summed E-state index contributed by atoms with van der Waals surface area (Å²) in [6.45, 7) is 2.15. The van der Waals surface area contributed by atoms with Crippen LogP contribution in [-0.4, -0.2) is 16.0 Å². The van der Waals surface area contributed by atoms with Gasteiger partial charge in [0.15, 0.2) is 0 Å². The van der Waals surface area contributed by atoms with Crippen LogP contribution in [0.3, 0.4) is 0 Å². The Morgan fingerprint density at radius 3 is 3.07 bits per heavy atom. The Balaban J connectivity index is 1.90. The van der Waals surface area contributed by atoms with Gasteiger partial charge in [0.05, 0.1) is 0 Å². The number of hydrogen-bond acceptors (Lipinski definition) is 4. The van der Waals surface area contributed by atoms with E-state index in [1.165, 1.54) is 4.88 Å². The van der Waals surface area contributed by atoms with Gasteiger partial charge < -0.3 is 5.32 Å². The molecule has 1 N–H and O–H groups in total. The van der Waals surface area contributed by atoms with Gasteiger partial charge in [-0.2, -0.15) is 0 Å². The lowest BCUT2D eigenvalue weighted by atomic mass is 10.2. The van der Waals surface area contributed by atoms with E-state index in [0.29, 0.717) is 6.04 Å². The molecule has 2 rings (SSSR count). The lowest BCUT2D eigenvalue weighted by Crippen LogP contribution is -2.18. The van der Waals surface area contributed by atoms with E-state index < -0.39 is 0 Å². The zero-order valence-corrected chi connectivity index (χ0v) is 9.37. The Morgan fingerprint density at radius 2 is 2.40 bits per heavy atom. The van der Waals surface area contributed by atoms with Crippen LogP contribution in [0.4, 0.5) is 5.82 Å². The molecule has 4 heteroatoms. The Kier molecular flexibility index (Phi) is 3.29. The second-order valence-electron chi connectivity index (χ2n) is 3.42. The normalized spacial score (nSPS) is 12.3. The Hall–Kier alpha value is -1.42. The van der Waals surface area contributed by atoms with Gasteiger partial charge in [0.2, 0.25) is 0 Å². The van der Waals surface area contributed by atoms with Gasteiger partial charge in [-0.3, -0.25) is 0 Å². The summed E-state index contributed by atoms with van der Waals surface area (Å²) in [5.74, 6) is 0.883. The van der Waals surface area contributed by atoms with Crippen LogP contribution < -0.4 is 5.32 Å². The predicted octanol–water partition coefficient (Wildman–Crippen LogP) is 2.58. The van der Waals surface area contributed by atoms with Crippen molar-refractivity contribution in [3.8, 4) is 0 Å². The van der Waals surface area contributed by atoms with E-state index in [1.807, 2.05) is 6.07 Å². The van der Waals surface area contributed by atoms with Crippen LogP contribution >= 0.6 is 11.3 Å². The van der Waals surface area contributed by atoms with Gasteiger partial charge in [-0.25, -0.2) is 9.97 Å². The standard InChI is InChI=1S/C11H13N3S/c1-9(7-10-3-2-6-15-10)14-11-4-5-12-8-13-11/h2-6,8-9H,7H2,1H3,(H,12,13,14). The van der Waals surface area contributed by atoms with Crippen LogP contribution in [0.2, 0.25) is 0 Å². The first-order valence-electron chi connectivity index (χ1n) is 4.89. The minimum Gasteiger partial charge on any atom is -0.367 e. The van der Waals surface area contributed by atoms with E-state index in [0.717, 1.165) is 12.2 Å². The molecule has 0 amide bonds. The lowest BCUT2D eigenvalue weighted by Gasteiger charge is -2.12. The number of rotatable bonds is 4. The molecule has 0 fully saturated rings. The highest BCUT2D eigenvalue weighted by Crippen LogP contribution is 2.12. The van der Waals surface area contributed by atoms with E-state index in [2.05, 4.69) is 39.7 Å². The van der Waals surface area contributed by atoms with Crippen molar-refractivity contribution in [1.29, 1.82) is 0 Å². The summed E-state index contributed by atoms with van der Waals surface area (Å²) < 4.78 is 0. The van der Waals surface area contributed by atoms with Gasteiger partial charge >= 0.3 is 0 Å². The first kappa shape index (κ1) is 10.1. The Bertz CT molecular complexity index is 385. The second kappa shape index (κ2) is 4.89. The fourth-order valence-corrected chi connectivity index (χ4v) is 2.25. The first-order valence-corrected chi connectivity index (χ1v) is 5.77. The van der Waals surface area contributed by atoms with Crippen LogP contribution in [0.15, 0.2) is 36.1 Å². The van der Waals surface area contributed by atoms with Gasteiger partial charge in [-0.05, 0) is 24.4 Å². The summed E-state index contributed by atoms with van der Waals surface area (Å²) in [4.78, 5) is 9.40. The summed E-state index contributed by atoms with van der Waals surface area (Å²) in [5.41, 5.74) is 0. The van der Waals surface area contributed by atoms with Crippen molar-refractivity contribution in [2.45, 2.75) is 19.4 Å². The molecular weight excluding hydrogens is 206 g/mol. The van der Waals surface area contributed by atoms with Crippen molar-refractivity contribution >= 4 is 17.2 Å². The van der Waals surface area contributed by atoms with E-state index >= 15 is 0 Å². The van der Waals surface area contributed by atoms with Gasteiger partial charge in [0.1, 0.15) is 12.1 Å². The zero-order valence-electron chi connectivity index (χ0n) is 8.55. The maximum atomic E-state index is 4.13. The van der Waals surface area contributed by atoms with Crippen molar-refractivity contribution in [3.63, 3.8) is 0 Å². The highest BCUT2D eigenvalue weighted by molar-refractivity contribution is 7.09. The highest BCUT2D eigenvalue weighted by atomic mass is 32.1. The largest absolute Gasteiger partial charge is 0.367 e. The molecule has 0 spiro atoms. The first-order chi connectivity index (χ1) is 7.34. The number of hydrogen-bond donors (Lipinski definition) is 1. The van der Waals surface area contributed by atoms with Crippen molar-refractivity contribution in [2.75, 3.05) is 5.32 Å². The maximum Gasteiger partial charge on any atom is 0.129 e. The Morgan fingerprint density at radius 1 is 1.47 bits per heavy atom. The predicted molar refractivity (Wildman–Crippen MR) is 63.1 cm³/mol. The molecule has 0 aromatic carbocycles. The van der Waals surface area contributed by atoms with Crippen molar-refractivity contribution in [2.24, 2.45) is 0 Å². The summed E-state index contributed by atoms with van der Waals surface area (Å²) in [6.07, 6.45) is 4.33. The fourth-order valence-electron chi connectivity index (χ4n) is 1.41.